The summed E-state index contributed by atoms with van der Waals surface area (Å²) in [5.74, 6) is 0.392. The molecule has 0 fully saturated rings. The van der Waals surface area contributed by atoms with Crippen LogP contribution in [0.5, 0.6) is 0 Å². The first-order chi connectivity index (χ1) is 8.13. The fraction of sp³-hybridized carbons (Fsp3) is 0.500. The summed E-state index contributed by atoms with van der Waals surface area (Å²) in [5.41, 5.74) is 1.04. The van der Waals surface area contributed by atoms with Gasteiger partial charge in [0.15, 0.2) is 0 Å². The van der Waals surface area contributed by atoms with Crippen LogP contribution in [0.1, 0.15) is 38.3 Å². The second-order valence-corrected chi connectivity index (χ2v) is 4.64. The minimum atomic E-state index is -0.0903. The highest BCUT2D eigenvalue weighted by atomic mass is 16.3. The minimum absolute atomic E-state index is 0.0438. The summed E-state index contributed by atoms with van der Waals surface area (Å²) in [7, 11) is 0. The van der Waals surface area contributed by atoms with Crippen molar-refractivity contribution in [2.45, 2.75) is 32.7 Å². The molecule has 0 bridgehead atoms. The molecule has 0 heterocycles. The summed E-state index contributed by atoms with van der Waals surface area (Å²) in [6, 6.07) is 9.66. The number of hydrogen-bond acceptors (Lipinski definition) is 2. The molecule has 3 nitrogen and oxygen atoms in total. The Balaban J connectivity index is 2.64. The number of amides is 1. The molecule has 1 amide bonds. The van der Waals surface area contributed by atoms with E-state index in [0.29, 0.717) is 18.8 Å². The summed E-state index contributed by atoms with van der Waals surface area (Å²) in [6.07, 6.45) is 1.07. The van der Waals surface area contributed by atoms with Gasteiger partial charge in [0.1, 0.15) is 0 Å². The Morgan fingerprint density at radius 3 is 2.47 bits per heavy atom. The Hall–Kier alpha value is -1.35. The van der Waals surface area contributed by atoms with E-state index in [-0.39, 0.29) is 18.6 Å². The third kappa shape index (κ3) is 5.00. The van der Waals surface area contributed by atoms with Crippen molar-refractivity contribution >= 4 is 5.91 Å². The average Bonchev–Trinajstić information content (AvgIpc) is 2.28. The number of aliphatic hydroxyl groups excluding tert-OH is 1. The molecular formula is C14H21NO2. The molecule has 0 radical (unpaired) electrons. The second-order valence-electron chi connectivity index (χ2n) is 4.64. The van der Waals surface area contributed by atoms with Crippen LogP contribution in [0, 0.1) is 5.92 Å². The largest absolute Gasteiger partial charge is 0.396 e. The first-order valence-electron chi connectivity index (χ1n) is 6.08. The summed E-state index contributed by atoms with van der Waals surface area (Å²) in [5, 5.41) is 12.0. The molecule has 1 unspecified atom stereocenters. The van der Waals surface area contributed by atoms with Gasteiger partial charge in [-0.3, -0.25) is 4.79 Å². The molecule has 0 saturated carbocycles. The minimum Gasteiger partial charge on any atom is -0.396 e. The van der Waals surface area contributed by atoms with Gasteiger partial charge in [0.05, 0.1) is 6.04 Å². The zero-order valence-electron chi connectivity index (χ0n) is 10.5. The number of hydrogen-bond donors (Lipinski definition) is 2. The molecule has 94 valence electrons. The fourth-order valence-corrected chi connectivity index (χ4v) is 1.76. The van der Waals surface area contributed by atoms with Crippen molar-refractivity contribution in [2.75, 3.05) is 6.61 Å². The van der Waals surface area contributed by atoms with Gasteiger partial charge in [0, 0.05) is 13.0 Å². The Labute approximate surface area is 103 Å². The number of aliphatic hydroxyl groups is 1. The Kier molecular flexibility index (Phi) is 5.70. The maximum Gasteiger partial charge on any atom is 0.220 e. The van der Waals surface area contributed by atoms with Gasteiger partial charge in [-0.15, -0.1) is 0 Å². The average molecular weight is 235 g/mol. The van der Waals surface area contributed by atoms with Crippen LogP contribution >= 0.6 is 0 Å². The van der Waals surface area contributed by atoms with Gasteiger partial charge in [-0.05, 0) is 17.9 Å². The Bertz CT molecular complexity index is 335. The molecule has 0 aromatic heterocycles. The zero-order valence-corrected chi connectivity index (χ0v) is 10.5. The molecule has 1 aromatic rings. The molecule has 1 aromatic carbocycles. The highest BCUT2D eigenvalue weighted by molar-refractivity contribution is 5.76. The molecule has 17 heavy (non-hydrogen) atoms. The SMILES string of the molecule is CC(C)CC(=O)NC(CCO)c1ccccc1. The molecule has 0 aliphatic heterocycles. The number of carbonyl (C=O) groups is 1. The van der Waals surface area contributed by atoms with E-state index in [0.717, 1.165) is 5.56 Å². The molecule has 3 heteroatoms. The van der Waals surface area contributed by atoms with Gasteiger partial charge in [0.2, 0.25) is 5.91 Å². The fourth-order valence-electron chi connectivity index (χ4n) is 1.76. The van der Waals surface area contributed by atoms with E-state index >= 15 is 0 Å². The van der Waals surface area contributed by atoms with Gasteiger partial charge in [-0.2, -0.15) is 0 Å². The zero-order chi connectivity index (χ0) is 12.7. The molecule has 1 atom stereocenters. The van der Waals surface area contributed by atoms with Crippen molar-refractivity contribution in [3.05, 3.63) is 35.9 Å². The predicted octanol–water partition coefficient (Wildman–Crippen LogP) is 2.27. The maximum absolute atomic E-state index is 11.7. The number of nitrogens with one attached hydrogen (secondary N) is 1. The van der Waals surface area contributed by atoms with Gasteiger partial charge in [0.25, 0.3) is 0 Å². The van der Waals surface area contributed by atoms with Crippen LogP contribution in [-0.4, -0.2) is 17.6 Å². The summed E-state index contributed by atoms with van der Waals surface area (Å²) in [6.45, 7) is 4.10. The van der Waals surface area contributed by atoms with Gasteiger partial charge in [-0.25, -0.2) is 0 Å². The van der Waals surface area contributed by atoms with E-state index in [1.165, 1.54) is 0 Å². The molecule has 0 saturated heterocycles. The second kappa shape index (κ2) is 7.07. The lowest BCUT2D eigenvalue weighted by molar-refractivity contribution is -0.122. The lowest BCUT2D eigenvalue weighted by Gasteiger charge is -2.19. The van der Waals surface area contributed by atoms with E-state index in [4.69, 9.17) is 5.11 Å². The van der Waals surface area contributed by atoms with Crippen LogP contribution in [-0.2, 0) is 4.79 Å². The van der Waals surface area contributed by atoms with Crippen LogP contribution in [0.3, 0.4) is 0 Å². The third-order valence-corrected chi connectivity index (χ3v) is 2.55. The van der Waals surface area contributed by atoms with Crippen LogP contribution in [0.2, 0.25) is 0 Å². The first kappa shape index (κ1) is 13.7. The van der Waals surface area contributed by atoms with E-state index in [9.17, 15) is 4.79 Å². The van der Waals surface area contributed by atoms with Gasteiger partial charge >= 0.3 is 0 Å². The molecule has 0 spiro atoms. The molecular weight excluding hydrogens is 214 g/mol. The van der Waals surface area contributed by atoms with Crippen LogP contribution < -0.4 is 5.32 Å². The predicted molar refractivity (Wildman–Crippen MR) is 68.5 cm³/mol. The Morgan fingerprint density at radius 2 is 1.94 bits per heavy atom. The molecule has 1 rings (SSSR count). The van der Waals surface area contributed by atoms with Crippen LogP contribution in [0.25, 0.3) is 0 Å². The first-order valence-corrected chi connectivity index (χ1v) is 6.08. The number of carbonyl (C=O) groups excluding carboxylic acids is 1. The number of rotatable bonds is 6. The van der Waals surface area contributed by atoms with Crippen LogP contribution in [0.15, 0.2) is 30.3 Å². The molecule has 2 N–H and O–H groups in total. The van der Waals surface area contributed by atoms with Crippen molar-refractivity contribution in [1.82, 2.24) is 5.32 Å². The quantitative estimate of drug-likeness (QED) is 0.794. The number of benzene rings is 1. The highest BCUT2D eigenvalue weighted by Gasteiger charge is 2.14. The van der Waals surface area contributed by atoms with Gasteiger partial charge in [-0.1, -0.05) is 44.2 Å². The smallest absolute Gasteiger partial charge is 0.220 e. The van der Waals surface area contributed by atoms with Crippen molar-refractivity contribution in [3.8, 4) is 0 Å². The summed E-state index contributed by atoms with van der Waals surface area (Å²) < 4.78 is 0. The van der Waals surface area contributed by atoms with Crippen molar-refractivity contribution < 1.29 is 9.90 Å². The molecule has 0 aliphatic carbocycles. The lowest BCUT2D eigenvalue weighted by Crippen LogP contribution is -2.29. The van der Waals surface area contributed by atoms with E-state index < -0.39 is 0 Å². The van der Waals surface area contributed by atoms with Crippen LogP contribution in [0.4, 0.5) is 0 Å². The van der Waals surface area contributed by atoms with Crippen molar-refractivity contribution in [3.63, 3.8) is 0 Å². The maximum atomic E-state index is 11.7. The standard InChI is InChI=1S/C14H21NO2/c1-11(2)10-14(17)15-13(8-9-16)12-6-4-3-5-7-12/h3-7,11,13,16H,8-10H2,1-2H3,(H,15,17). The third-order valence-electron chi connectivity index (χ3n) is 2.55. The normalized spacial score (nSPS) is 12.5. The van der Waals surface area contributed by atoms with E-state index in [1.54, 1.807) is 0 Å². The monoisotopic (exact) mass is 235 g/mol. The van der Waals surface area contributed by atoms with Crippen molar-refractivity contribution in [1.29, 1.82) is 0 Å². The van der Waals surface area contributed by atoms with Crippen molar-refractivity contribution in [2.24, 2.45) is 5.92 Å². The highest BCUT2D eigenvalue weighted by Crippen LogP contribution is 2.16. The Morgan fingerprint density at radius 1 is 1.29 bits per heavy atom. The lowest BCUT2D eigenvalue weighted by atomic mass is 10.0. The topological polar surface area (TPSA) is 49.3 Å². The molecule has 0 aliphatic rings. The summed E-state index contributed by atoms with van der Waals surface area (Å²) >= 11 is 0. The van der Waals surface area contributed by atoms with E-state index in [2.05, 4.69) is 5.32 Å². The van der Waals surface area contributed by atoms with Gasteiger partial charge < -0.3 is 10.4 Å². The summed E-state index contributed by atoms with van der Waals surface area (Å²) in [4.78, 5) is 11.7. The van der Waals surface area contributed by atoms with E-state index in [1.807, 2.05) is 44.2 Å².